The fourth-order valence-electron chi connectivity index (χ4n) is 1.32. The third kappa shape index (κ3) is 5.78. The van der Waals surface area contributed by atoms with Crippen LogP contribution in [0.4, 0.5) is 0 Å². The lowest BCUT2D eigenvalue weighted by Crippen LogP contribution is -2.47. The van der Waals surface area contributed by atoms with Crippen LogP contribution in [0.3, 0.4) is 0 Å². The standard InChI is InChI=1S/C14H31O6PSi/c1-13(2,3)19-11(15)12(21(16,17-7)18-8)20-22(9,10)14(4,5)6/h12H,1-10H3. The van der Waals surface area contributed by atoms with Crippen LogP contribution in [-0.2, 0) is 27.6 Å². The average molecular weight is 354 g/mol. The number of hydrogen-bond acceptors (Lipinski definition) is 6. The zero-order chi connectivity index (χ0) is 18.0. The van der Waals surface area contributed by atoms with Gasteiger partial charge in [-0.25, -0.2) is 4.79 Å². The number of rotatable bonds is 6. The van der Waals surface area contributed by atoms with Crippen LogP contribution >= 0.6 is 7.60 Å². The summed E-state index contributed by atoms with van der Waals surface area (Å²) in [5.74, 6) is -2.12. The van der Waals surface area contributed by atoms with Crippen LogP contribution < -0.4 is 0 Å². The molecule has 0 spiro atoms. The Morgan fingerprint density at radius 2 is 1.41 bits per heavy atom. The molecular formula is C14H31O6PSi. The van der Waals surface area contributed by atoms with Gasteiger partial charge in [-0.1, -0.05) is 20.8 Å². The highest BCUT2D eigenvalue weighted by Gasteiger charge is 2.50. The van der Waals surface area contributed by atoms with Crippen molar-refractivity contribution < 1.29 is 27.6 Å². The summed E-state index contributed by atoms with van der Waals surface area (Å²) in [7, 11) is -3.68. The highest BCUT2D eigenvalue weighted by Crippen LogP contribution is 2.55. The van der Waals surface area contributed by atoms with Gasteiger partial charge in [0.25, 0.3) is 0 Å². The first-order chi connectivity index (χ1) is 9.59. The number of hydrogen-bond donors (Lipinski definition) is 0. The summed E-state index contributed by atoms with van der Waals surface area (Å²) in [6, 6.07) is 0. The summed E-state index contributed by atoms with van der Waals surface area (Å²) in [5.41, 5.74) is -0.724. The van der Waals surface area contributed by atoms with Crippen LogP contribution in [0.2, 0.25) is 18.1 Å². The maximum Gasteiger partial charge on any atom is 0.369 e. The number of carbonyl (C=O) groups is 1. The lowest BCUT2D eigenvalue weighted by Gasteiger charge is -2.39. The molecule has 0 rings (SSSR count). The van der Waals surface area contributed by atoms with Crippen LogP contribution in [-0.4, -0.2) is 40.0 Å². The maximum absolute atomic E-state index is 12.7. The van der Waals surface area contributed by atoms with E-state index in [1.807, 2.05) is 33.9 Å². The van der Waals surface area contributed by atoms with Crippen LogP contribution in [0.15, 0.2) is 0 Å². The highest BCUT2D eigenvalue weighted by molar-refractivity contribution is 7.55. The van der Waals surface area contributed by atoms with Gasteiger partial charge in [0.05, 0.1) is 0 Å². The number of ether oxygens (including phenoxy) is 1. The zero-order valence-corrected chi connectivity index (χ0v) is 17.4. The first-order valence-corrected chi connectivity index (χ1v) is 11.7. The van der Waals surface area contributed by atoms with Gasteiger partial charge >= 0.3 is 13.6 Å². The van der Waals surface area contributed by atoms with Crippen molar-refractivity contribution in [2.75, 3.05) is 14.2 Å². The van der Waals surface area contributed by atoms with Crippen molar-refractivity contribution in [1.29, 1.82) is 0 Å². The molecule has 0 aromatic rings. The van der Waals surface area contributed by atoms with E-state index in [1.165, 1.54) is 14.2 Å². The fourth-order valence-corrected chi connectivity index (χ4v) is 4.47. The van der Waals surface area contributed by atoms with E-state index in [0.29, 0.717) is 0 Å². The van der Waals surface area contributed by atoms with Crippen LogP contribution in [0, 0.1) is 0 Å². The summed E-state index contributed by atoms with van der Waals surface area (Å²) in [6.45, 7) is 15.2. The highest BCUT2D eigenvalue weighted by atomic mass is 31.2. The Hall–Kier alpha value is -0.203. The van der Waals surface area contributed by atoms with Crippen molar-refractivity contribution in [3.8, 4) is 0 Å². The summed E-state index contributed by atoms with van der Waals surface area (Å²) in [4.78, 5) is 12.5. The molecule has 0 N–H and O–H groups in total. The van der Waals surface area contributed by atoms with E-state index in [1.54, 1.807) is 20.8 Å². The van der Waals surface area contributed by atoms with Gasteiger partial charge in [-0.05, 0) is 38.9 Å². The van der Waals surface area contributed by atoms with Gasteiger partial charge in [0.1, 0.15) is 5.60 Å². The topological polar surface area (TPSA) is 71.1 Å². The molecule has 1 unspecified atom stereocenters. The predicted octanol–water partition coefficient (Wildman–Crippen LogP) is 4.16. The molecule has 0 heterocycles. The Bertz CT molecular complexity index is 428. The van der Waals surface area contributed by atoms with E-state index in [4.69, 9.17) is 18.2 Å². The maximum atomic E-state index is 12.7. The zero-order valence-electron chi connectivity index (χ0n) is 15.5. The summed E-state index contributed by atoms with van der Waals surface area (Å²) < 4.78 is 34.0. The van der Waals surface area contributed by atoms with Gasteiger partial charge in [0.2, 0.25) is 5.85 Å². The van der Waals surface area contributed by atoms with Crippen molar-refractivity contribution in [1.82, 2.24) is 0 Å². The lowest BCUT2D eigenvalue weighted by atomic mass is 10.2. The van der Waals surface area contributed by atoms with Gasteiger partial charge in [-0.3, -0.25) is 4.57 Å². The number of esters is 1. The predicted molar refractivity (Wildman–Crippen MR) is 89.5 cm³/mol. The third-order valence-corrected chi connectivity index (χ3v) is 10.2. The van der Waals surface area contributed by atoms with E-state index in [9.17, 15) is 9.36 Å². The molecule has 132 valence electrons. The first-order valence-electron chi connectivity index (χ1n) is 7.21. The molecule has 0 aliphatic carbocycles. The Morgan fingerprint density at radius 3 is 1.68 bits per heavy atom. The molecule has 1 atom stereocenters. The minimum atomic E-state index is -3.76. The number of carbonyl (C=O) groups excluding carboxylic acids is 1. The largest absolute Gasteiger partial charge is 0.458 e. The van der Waals surface area contributed by atoms with E-state index in [2.05, 4.69) is 0 Å². The summed E-state index contributed by atoms with van der Waals surface area (Å²) in [5, 5.41) is -0.167. The van der Waals surface area contributed by atoms with Gasteiger partial charge in [0, 0.05) is 14.2 Å². The smallest absolute Gasteiger partial charge is 0.369 e. The van der Waals surface area contributed by atoms with Gasteiger partial charge in [0.15, 0.2) is 8.32 Å². The Balaban J connectivity index is 5.65. The molecule has 0 aliphatic heterocycles. The molecule has 0 saturated heterocycles. The molecule has 0 fully saturated rings. The van der Waals surface area contributed by atoms with Gasteiger partial charge in [-0.15, -0.1) is 0 Å². The lowest BCUT2D eigenvalue weighted by molar-refractivity contribution is -0.160. The van der Waals surface area contributed by atoms with Crippen molar-refractivity contribution in [3.63, 3.8) is 0 Å². The molecule has 0 bridgehead atoms. The molecular weight excluding hydrogens is 323 g/mol. The van der Waals surface area contributed by atoms with Crippen molar-refractivity contribution in [3.05, 3.63) is 0 Å². The Kier molecular flexibility index (Phi) is 7.07. The fraction of sp³-hybridized carbons (Fsp3) is 0.929. The minimum absolute atomic E-state index is 0.167. The van der Waals surface area contributed by atoms with Gasteiger partial charge in [-0.2, -0.15) is 0 Å². The van der Waals surface area contributed by atoms with Crippen molar-refractivity contribution >= 4 is 21.9 Å². The second-order valence-corrected chi connectivity index (χ2v) is 14.7. The van der Waals surface area contributed by atoms with E-state index in [0.717, 1.165) is 0 Å². The Morgan fingerprint density at radius 1 is 1.00 bits per heavy atom. The molecule has 0 amide bonds. The van der Waals surface area contributed by atoms with Crippen LogP contribution in [0.5, 0.6) is 0 Å². The van der Waals surface area contributed by atoms with Crippen LogP contribution in [0.25, 0.3) is 0 Å². The second kappa shape index (κ2) is 7.14. The molecule has 0 aliphatic rings. The van der Waals surface area contributed by atoms with E-state index in [-0.39, 0.29) is 5.04 Å². The van der Waals surface area contributed by atoms with E-state index < -0.39 is 33.3 Å². The first kappa shape index (κ1) is 21.8. The minimum Gasteiger partial charge on any atom is -0.458 e. The Labute approximate surface area is 135 Å². The molecule has 0 aromatic carbocycles. The summed E-state index contributed by atoms with van der Waals surface area (Å²) >= 11 is 0. The molecule has 6 nitrogen and oxygen atoms in total. The quantitative estimate of drug-likeness (QED) is 0.405. The van der Waals surface area contributed by atoms with Crippen molar-refractivity contribution in [2.45, 2.75) is 71.1 Å². The molecule has 0 saturated carbocycles. The monoisotopic (exact) mass is 354 g/mol. The molecule has 22 heavy (non-hydrogen) atoms. The SMILES string of the molecule is COP(=O)(OC)C(O[Si](C)(C)C(C)(C)C)C(=O)OC(C)(C)C. The molecule has 0 aromatic heterocycles. The van der Waals surface area contributed by atoms with Crippen molar-refractivity contribution in [2.24, 2.45) is 0 Å². The molecule has 8 heteroatoms. The normalized spacial score (nSPS) is 15.5. The second-order valence-electron chi connectivity index (χ2n) is 7.67. The summed E-state index contributed by atoms with van der Waals surface area (Å²) in [6.07, 6.45) is 0. The van der Waals surface area contributed by atoms with E-state index >= 15 is 0 Å². The van der Waals surface area contributed by atoms with Crippen LogP contribution in [0.1, 0.15) is 41.5 Å². The third-order valence-electron chi connectivity index (χ3n) is 3.62. The average Bonchev–Trinajstić information content (AvgIpc) is 2.31. The van der Waals surface area contributed by atoms with Gasteiger partial charge < -0.3 is 18.2 Å². The molecule has 0 radical (unpaired) electrons.